The van der Waals surface area contributed by atoms with Gasteiger partial charge in [-0.15, -0.1) is 0 Å². The summed E-state index contributed by atoms with van der Waals surface area (Å²) in [5.74, 6) is 0.855. The molecule has 5 nitrogen and oxygen atoms in total. The van der Waals surface area contributed by atoms with E-state index in [0.29, 0.717) is 16.7 Å². The average molecular weight is 382 g/mol. The number of hydrogen-bond acceptors (Lipinski definition) is 4. The minimum atomic E-state index is -0.461. The summed E-state index contributed by atoms with van der Waals surface area (Å²) < 4.78 is 5.29. The molecule has 0 spiro atoms. The Balaban J connectivity index is 1.48. The molecule has 27 heavy (non-hydrogen) atoms. The smallest absolute Gasteiger partial charge is 0.246 e. The fourth-order valence-corrected chi connectivity index (χ4v) is 3.97. The third-order valence-electron chi connectivity index (χ3n) is 5.17. The molecule has 4 rings (SSSR count). The maximum atomic E-state index is 13.0. The fraction of sp³-hybridized carbons (Fsp3) is 0.286. The zero-order chi connectivity index (χ0) is 18.7. The molecule has 0 radical (unpaired) electrons. The first-order valence-electron chi connectivity index (χ1n) is 9.10. The third kappa shape index (κ3) is 3.60. The van der Waals surface area contributed by atoms with Crippen LogP contribution < -0.4 is 5.32 Å². The van der Waals surface area contributed by atoms with E-state index in [1.807, 2.05) is 42.5 Å². The van der Waals surface area contributed by atoms with E-state index >= 15 is 0 Å². The first-order chi connectivity index (χ1) is 13.2. The van der Waals surface area contributed by atoms with E-state index in [-0.39, 0.29) is 12.5 Å². The van der Waals surface area contributed by atoms with Gasteiger partial charge in [-0.1, -0.05) is 72.1 Å². The van der Waals surface area contributed by atoms with Crippen molar-refractivity contribution >= 4 is 17.5 Å². The van der Waals surface area contributed by atoms with Gasteiger partial charge in [0, 0.05) is 10.6 Å². The Hall–Kier alpha value is -2.66. The lowest BCUT2D eigenvalue weighted by molar-refractivity contribution is -0.127. The molecule has 0 atom stereocenters. The monoisotopic (exact) mass is 381 g/mol. The lowest BCUT2D eigenvalue weighted by Gasteiger charge is -2.28. The van der Waals surface area contributed by atoms with E-state index < -0.39 is 5.41 Å². The third-order valence-corrected chi connectivity index (χ3v) is 5.40. The number of carbonyl (C=O) groups is 1. The van der Waals surface area contributed by atoms with Gasteiger partial charge in [-0.05, 0) is 30.5 Å². The maximum Gasteiger partial charge on any atom is 0.246 e. The topological polar surface area (TPSA) is 68.0 Å². The molecule has 1 fully saturated rings. The van der Waals surface area contributed by atoms with E-state index in [0.717, 1.165) is 36.8 Å². The number of hydrogen-bond donors (Lipinski definition) is 1. The van der Waals surface area contributed by atoms with Gasteiger partial charge in [-0.25, -0.2) is 0 Å². The highest BCUT2D eigenvalue weighted by atomic mass is 35.5. The van der Waals surface area contributed by atoms with Crippen LogP contribution in [-0.4, -0.2) is 16.0 Å². The van der Waals surface area contributed by atoms with Crippen LogP contribution in [0.4, 0.5) is 0 Å². The first kappa shape index (κ1) is 17.7. The van der Waals surface area contributed by atoms with Crippen LogP contribution >= 0.6 is 11.6 Å². The highest BCUT2D eigenvalue weighted by molar-refractivity contribution is 6.30. The largest absolute Gasteiger partial charge is 0.346 e. The summed E-state index contributed by atoms with van der Waals surface area (Å²) in [5, 5.41) is 7.59. The molecule has 1 amide bonds. The zero-order valence-electron chi connectivity index (χ0n) is 14.8. The summed E-state index contributed by atoms with van der Waals surface area (Å²) >= 11 is 6.01. The summed E-state index contributed by atoms with van der Waals surface area (Å²) in [7, 11) is 0. The van der Waals surface area contributed by atoms with Crippen molar-refractivity contribution in [2.75, 3.05) is 0 Å². The van der Waals surface area contributed by atoms with Gasteiger partial charge in [0.25, 0.3) is 0 Å². The standard InChI is InChI=1S/C21H20ClN3O2/c22-17-10-6-7-15(13-17)19-24-18(27-25-19)14-23-20(26)21(11-4-5-12-21)16-8-2-1-3-9-16/h1-3,6-10,13H,4-5,11-12,14H2,(H,23,26). The van der Waals surface area contributed by atoms with Gasteiger partial charge >= 0.3 is 0 Å². The number of nitrogens with one attached hydrogen (secondary N) is 1. The molecule has 0 bridgehead atoms. The average Bonchev–Trinajstić information content (AvgIpc) is 3.37. The Kier molecular flexibility index (Phi) is 4.94. The molecule has 2 aromatic carbocycles. The first-order valence-corrected chi connectivity index (χ1v) is 9.47. The van der Waals surface area contributed by atoms with Crippen LogP contribution in [0.15, 0.2) is 59.1 Å². The van der Waals surface area contributed by atoms with E-state index in [1.165, 1.54) is 0 Å². The molecule has 0 aliphatic heterocycles. The number of rotatable bonds is 5. The Morgan fingerprint density at radius 3 is 2.63 bits per heavy atom. The molecule has 1 N–H and O–H groups in total. The Morgan fingerprint density at radius 2 is 1.89 bits per heavy atom. The summed E-state index contributed by atoms with van der Waals surface area (Å²) in [6.07, 6.45) is 3.84. The van der Waals surface area contributed by atoms with Gasteiger partial charge in [0.15, 0.2) is 0 Å². The molecule has 6 heteroatoms. The highest BCUT2D eigenvalue weighted by Gasteiger charge is 2.42. The predicted octanol–water partition coefficient (Wildman–Crippen LogP) is 4.52. The quantitative estimate of drug-likeness (QED) is 0.705. The second kappa shape index (κ2) is 7.53. The van der Waals surface area contributed by atoms with Crippen molar-refractivity contribution in [2.24, 2.45) is 0 Å². The minimum absolute atomic E-state index is 0.0219. The summed E-state index contributed by atoms with van der Waals surface area (Å²) in [6.45, 7) is 0.209. The molecular formula is C21H20ClN3O2. The van der Waals surface area contributed by atoms with Gasteiger partial charge in [0.1, 0.15) is 0 Å². The molecule has 0 unspecified atom stereocenters. The summed E-state index contributed by atoms with van der Waals surface area (Å²) in [5.41, 5.74) is 1.39. The van der Waals surface area contributed by atoms with Crippen molar-refractivity contribution in [1.82, 2.24) is 15.5 Å². The lowest BCUT2D eigenvalue weighted by atomic mass is 9.78. The Bertz CT molecular complexity index is 933. The van der Waals surface area contributed by atoms with Gasteiger partial charge in [-0.3, -0.25) is 4.79 Å². The SMILES string of the molecule is O=C(NCc1nc(-c2cccc(Cl)c2)no1)C1(c2ccccc2)CCCC1. The van der Waals surface area contributed by atoms with Crippen LogP contribution in [0.5, 0.6) is 0 Å². The Labute approximate surface area is 162 Å². The van der Waals surface area contributed by atoms with Crippen molar-refractivity contribution in [3.8, 4) is 11.4 Å². The molecule has 1 saturated carbocycles. The van der Waals surface area contributed by atoms with Gasteiger partial charge < -0.3 is 9.84 Å². The molecular weight excluding hydrogens is 362 g/mol. The second-order valence-electron chi connectivity index (χ2n) is 6.86. The minimum Gasteiger partial charge on any atom is -0.346 e. The molecule has 138 valence electrons. The molecule has 1 aliphatic carbocycles. The van der Waals surface area contributed by atoms with Crippen LogP contribution in [0.1, 0.15) is 37.1 Å². The van der Waals surface area contributed by atoms with Crippen molar-refractivity contribution in [2.45, 2.75) is 37.6 Å². The molecule has 1 aliphatic rings. The van der Waals surface area contributed by atoms with Gasteiger partial charge in [0.2, 0.25) is 17.6 Å². The molecule has 1 heterocycles. The highest BCUT2D eigenvalue weighted by Crippen LogP contribution is 2.41. The van der Waals surface area contributed by atoms with E-state index in [4.69, 9.17) is 16.1 Å². The number of amides is 1. The molecule has 0 saturated heterocycles. The number of aromatic nitrogens is 2. The van der Waals surface area contributed by atoms with Crippen molar-refractivity contribution < 1.29 is 9.32 Å². The van der Waals surface area contributed by atoms with Gasteiger partial charge in [-0.2, -0.15) is 4.98 Å². The van der Waals surface area contributed by atoms with Crippen molar-refractivity contribution in [3.63, 3.8) is 0 Å². The zero-order valence-corrected chi connectivity index (χ0v) is 15.6. The van der Waals surface area contributed by atoms with E-state index in [1.54, 1.807) is 12.1 Å². The fourth-order valence-electron chi connectivity index (χ4n) is 3.78. The van der Waals surface area contributed by atoms with Crippen LogP contribution in [0.25, 0.3) is 11.4 Å². The summed E-state index contributed by atoms with van der Waals surface area (Å²) in [4.78, 5) is 17.4. The Morgan fingerprint density at radius 1 is 1.11 bits per heavy atom. The normalized spacial score (nSPS) is 15.6. The number of carbonyl (C=O) groups excluding carboxylic acids is 1. The van der Waals surface area contributed by atoms with Crippen LogP contribution in [-0.2, 0) is 16.8 Å². The van der Waals surface area contributed by atoms with Crippen molar-refractivity contribution in [3.05, 3.63) is 71.1 Å². The predicted molar refractivity (Wildman–Crippen MR) is 103 cm³/mol. The molecule has 3 aromatic rings. The number of halogens is 1. The van der Waals surface area contributed by atoms with E-state index in [2.05, 4.69) is 15.5 Å². The summed E-state index contributed by atoms with van der Waals surface area (Å²) in [6, 6.07) is 17.3. The van der Waals surface area contributed by atoms with E-state index in [9.17, 15) is 4.79 Å². The second-order valence-corrected chi connectivity index (χ2v) is 7.30. The van der Waals surface area contributed by atoms with Gasteiger partial charge in [0.05, 0.1) is 12.0 Å². The van der Waals surface area contributed by atoms with Crippen LogP contribution in [0, 0.1) is 0 Å². The lowest BCUT2D eigenvalue weighted by Crippen LogP contribution is -2.42. The van der Waals surface area contributed by atoms with Crippen LogP contribution in [0.3, 0.4) is 0 Å². The molecule has 1 aromatic heterocycles. The maximum absolute atomic E-state index is 13.0. The van der Waals surface area contributed by atoms with Crippen molar-refractivity contribution in [1.29, 1.82) is 0 Å². The number of nitrogens with zero attached hydrogens (tertiary/aromatic N) is 2. The number of benzene rings is 2. The van der Waals surface area contributed by atoms with Crippen LogP contribution in [0.2, 0.25) is 5.02 Å².